The van der Waals surface area contributed by atoms with E-state index in [1.807, 2.05) is 109 Å². The van der Waals surface area contributed by atoms with Crippen LogP contribution in [0.1, 0.15) is 27.7 Å². The summed E-state index contributed by atoms with van der Waals surface area (Å²) in [6.45, 7) is 12.6. The van der Waals surface area contributed by atoms with Gasteiger partial charge < -0.3 is 24.1 Å². The lowest BCUT2D eigenvalue weighted by Gasteiger charge is -2.28. The summed E-state index contributed by atoms with van der Waals surface area (Å²) in [5.41, 5.74) is 5.34. The first-order valence-electron chi connectivity index (χ1n) is 19.2. The molecule has 11 nitrogen and oxygen atoms in total. The molecule has 0 saturated heterocycles. The largest absolute Gasteiger partial charge is 0.507 e. The van der Waals surface area contributed by atoms with Gasteiger partial charge >= 0.3 is 17.9 Å². The van der Waals surface area contributed by atoms with Crippen molar-refractivity contribution in [3.8, 4) is 67.9 Å². The highest BCUT2D eigenvalue weighted by Gasteiger charge is 2.32. The lowest BCUT2D eigenvalue weighted by atomic mass is 9.94. The summed E-state index contributed by atoms with van der Waals surface area (Å²) in [4.78, 5) is 51.8. The minimum Gasteiger partial charge on any atom is -0.507 e. The molecule has 1 unspecified atom stereocenters. The van der Waals surface area contributed by atoms with Crippen LogP contribution in [-0.4, -0.2) is 63.9 Å². The predicted molar refractivity (Wildman–Crippen MR) is 229 cm³/mol. The van der Waals surface area contributed by atoms with Gasteiger partial charge in [-0.3, -0.25) is 0 Å². The molecule has 1 aromatic heterocycles. The molecule has 0 amide bonds. The quantitative estimate of drug-likeness (QED) is 0.0567. The second kappa shape index (κ2) is 18.9. The number of hydrogen-bond donors (Lipinski definition) is 1. The highest BCUT2D eigenvalue weighted by Crippen LogP contribution is 2.34. The molecule has 60 heavy (non-hydrogen) atoms. The third-order valence-electron chi connectivity index (χ3n) is 9.35. The molecular formula is C49H45N3O8. The molecule has 1 atom stereocenters. The maximum atomic E-state index is 13.1. The number of nitrogens with zero attached hydrogens (tertiary/aromatic N) is 3. The van der Waals surface area contributed by atoms with E-state index in [2.05, 4.69) is 13.2 Å². The van der Waals surface area contributed by atoms with Crippen molar-refractivity contribution in [1.82, 2.24) is 15.0 Å². The second-order valence-electron chi connectivity index (χ2n) is 14.8. The third-order valence-corrected chi connectivity index (χ3v) is 9.35. The van der Waals surface area contributed by atoms with Crippen LogP contribution in [0, 0.1) is 5.41 Å². The van der Waals surface area contributed by atoms with Gasteiger partial charge in [-0.2, -0.15) is 0 Å². The Bertz CT molecular complexity index is 2370. The number of esters is 3. The maximum Gasteiger partial charge on any atom is 0.347 e. The Kier molecular flexibility index (Phi) is 13.3. The van der Waals surface area contributed by atoms with Crippen LogP contribution < -0.4 is 4.74 Å². The van der Waals surface area contributed by atoms with Crippen LogP contribution in [0.3, 0.4) is 0 Å². The van der Waals surface area contributed by atoms with Crippen LogP contribution in [0.15, 0.2) is 152 Å². The van der Waals surface area contributed by atoms with Crippen molar-refractivity contribution in [2.75, 3.05) is 19.8 Å². The number of benzene rings is 5. The number of rotatable bonds is 16. The molecule has 6 rings (SSSR count). The van der Waals surface area contributed by atoms with Crippen molar-refractivity contribution >= 4 is 17.9 Å². The zero-order chi connectivity index (χ0) is 42.8. The first-order valence-corrected chi connectivity index (χ1v) is 19.2. The Morgan fingerprint density at radius 3 is 1.42 bits per heavy atom. The molecule has 0 spiro atoms. The maximum absolute atomic E-state index is 13.1. The lowest BCUT2D eigenvalue weighted by Crippen LogP contribution is -2.38. The minimum atomic E-state index is -1.12. The number of phenolic OH excluding ortho intramolecular Hbond substituents is 1. The fourth-order valence-corrected chi connectivity index (χ4v) is 5.88. The molecule has 11 heteroatoms. The Morgan fingerprint density at radius 2 is 0.983 bits per heavy atom. The van der Waals surface area contributed by atoms with E-state index in [1.54, 1.807) is 19.1 Å². The van der Waals surface area contributed by atoms with Gasteiger partial charge in [0.2, 0.25) is 0 Å². The van der Waals surface area contributed by atoms with Crippen LogP contribution in [0.25, 0.3) is 56.4 Å². The lowest BCUT2D eigenvalue weighted by molar-refractivity contribution is -0.162. The smallest absolute Gasteiger partial charge is 0.347 e. The Hall–Kier alpha value is -7.40. The monoisotopic (exact) mass is 803 g/mol. The molecule has 1 heterocycles. The third kappa shape index (κ3) is 10.8. The number of carbonyl (C=O) groups is 3. The van der Waals surface area contributed by atoms with Crippen LogP contribution in [0.2, 0.25) is 0 Å². The SMILES string of the molecule is C=C(C)C(=O)OCC(C)(COC(=O)C(=C)C)COC(=O)C(C)Oc1ccc(-c2nc(-c3ccc(-c4ccccc4)cc3)nc(-c3ccc(-c4ccccc4)cc3)n2)c(O)c1. The number of aromatic nitrogens is 3. The molecule has 0 fully saturated rings. The van der Waals surface area contributed by atoms with Crippen molar-refractivity contribution < 1.29 is 38.4 Å². The number of phenols is 1. The Balaban J connectivity index is 1.22. The molecule has 6 aromatic rings. The van der Waals surface area contributed by atoms with Gasteiger partial charge in [0.25, 0.3) is 0 Å². The zero-order valence-corrected chi connectivity index (χ0v) is 33.9. The number of carbonyl (C=O) groups excluding carboxylic acids is 3. The molecule has 1 N–H and O–H groups in total. The molecule has 0 aliphatic carbocycles. The molecule has 0 saturated carbocycles. The van der Waals surface area contributed by atoms with E-state index in [0.29, 0.717) is 17.2 Å². The van der Waals surface area contributed by atoms with Crippen LogP contribution in [-0.2, 0) is 28.6 Å². The van der Waals surface area contributed by atoms with Gasteiger partial charge in [-0.05, 0) is 62.1 Å². The molecule has 5 aromatic carbocycles. The van der Waals surface area contributed by atoms with Gasteiger partial charge in [0.1, 0.15) is 31.3 Å². The average molecular weight is 804 g/mol. The van der Waals surface area contributed by atoms with Gasteiger partial charge in [0.15, 0.2) is 23.6 Å². The van der Waals surface area contributed by atoms with E-state index < -0.39 is 29.4 Å². The van der Waals surface area contributed by atoms with Crippen LogP contribution in [0.4, 0.5) is 0 Å². The first-order chi connectivity index (χ1) is 28.8. The van der Waals surface area contributed by atoms with Crippen LogP contribution >= 0.6 is 0 Å². The summed E-state index contributed by atoms with van der Waals surface area (Å²) >= 11 is 0. The van der Waals surface area contributed by atoms with E-state index in [0.717, 1.165) is 33.4 Å². The summed E-state index contributed by atoms with van der Waals surface area (Å²) in [7, 11) is 0. The van der Waals surface area contributed by atoms with Crippen molar-refractivity contribution in [2.24, 2.45) is 5.41 Å². The number of aromatic hydroxyl groups is 1. The highest BCUT2D eigenvalue weighted by molar-refractivity contribution is 5.87. The minimum absolute atomic E-state index is 0.178. The summed E-state index contributed by atoms with van der Waals surface area (Å²) in [6, 6.07) is 40.5. The van der Waals surface area contributed by atoms with Gasteiger partial charge in [-0.25, -0.2) is 29.3 Å². The molecule has 0 radical (unpaired) electrons. The summed E-state index contributed by atoms with van der Waals surface area (Å²) in [5.74, 6) is -0.993. The fraction of sp³-hybridized carbons (Fsp3) is 0.184. The Morgan fingerprint density at radius 1 is 0.583 bits per heavy atom. The Labute approximate surface area is 349 Å². The van der Waals surface area contributed by atoms with Crippen molar-refractivity contribution in [1.29, 1.82) is 0 Å². The van der Waals surface area contributed by atoms with E-state index in [4.69, 9.17) is 33.9 Å². The molecule has 0 aliphatic rings. The summed E-state index contributed by atoms with van der Waals surface area (Å²) in [6.07, 6.45) is -1.12. The van der Waals surface area contributed by atoms with E-state index in [-0.39, 0.29) is 48.3 Å². The topological polar surface area (TPSA) is 147 Å². The molecule has 0 bridgehead atoms. The van der Waals surface area contributed by atoms with Gasteiger partial charge in [-0.1, -0.05) is 122 Å². The van der Waals surface area contributed by atoms with E-state index in [1.165, 1.54) is 26.8 Å². The number of hydrogen-bond acceptors (Lipinski definition) is 11. The van der Waals surface area contributed by atoms with Gasteiger partial charge in [0, 0.05) is 28.3 Å². The molecule has 0 aliphatic heterocycles. The number of ether oxygens (including phenoxy) is 4. The zero-order valence-electron chi connectivity index (χ0n) is 33.9. The molecular weight excluding hydrogens is 759 g/mol. The van der Waals surface area contributed by atoms with E-state index >= 15 is 0 Å². The van der Waals surface area contributed by atoms with E-state index in [9.17, 15) is 19.5 Å². The second-order valence-corrected chi connectivity index (χ2v) is 14.8. The normalized spacial score (nSPS) is 11.5. The standard InChI is InChI=1S/C49H45N3O8/c1-31(2)46(54)57-28-49(6,29-58-47(55)32(3)4)30-59-48(56)33(5)60-40-25-26-41(42(53)27-40)45-51-43(38-21-17-36(18-22-38)34-13-9-7-10-14-34)50-44(52-45)39-23-19-37(20-24-39)35-15-11-8-12-16-35/h7-27,33,53H,1,3,28-30H2,2,4-6H3. The summed E-state index contributed by atoms with van der Waals surface area (Å²) in [5, 5.41) is 11.3. The van der Waals surface area contributed by atoms with Gasteiger partial charge in [-0.15, -0.1) is 0 Å². The predicted octanol–water partition coefficient (Wildman–Crippen LogP) is 9.47. The van der Waals surface area contributed by atoms with Crippen molar-refractivity contribution in [3.05, 3.63) is 152 Å². The highest BCUT2D eigenvalue weighted by atomic mass is 16.6. The average Bonchev–Trinajstić information content (AvgIpc) is 3.27. The first kappa shape index (κ1) is 42.2. The van der Waals surface area contributed by atoms with Gasteiger partial charge in [0.05, 0.1) is 11.0 Å². The van der Waals surface area contributed by atoms with Crippen LogP contribution in [0.5, 0.6) is 11.5 Å². The molecule has 304 valence electrons. The van der Waals surface area contributed by atoms with Crippen molar-refractivity contribution in [2.45, 2.75) is 33.8 Å². The summed E-state index contributed by atoms with van der Waals surface area (Å²) < 4.78 is 22.0. The fourth-order valence-electron chi connectivity index (χ4n) is 5.88. The van der Waals surface area contributed by atoms with Crippen molar-refractivity contribution in [3.63, 3.8) is 0 Å².